The van der Waals surface area contributed by atoms with Gasteiger partial charge in [0.1, 0.15) is 19.4 Å². The zero-order valence-corrected chi connectivity index (χ0v) is 10.3. The molecule has 1 aromatic heterocycles. The molecule has 0 amide bonds. The van der Waals surface area contributed by atoms with Crippen LogP contribution in [0.4, 0.5) is 0 Å². The van der Waals surface area contributed by atoms with E-state index in [1.807, 2.05) is 0 Å². The maximum Gasteiger partial charge on any atom is 0.367 e. The summed E-state index contributed by atoms with van der Waals surface area (Å²) in [5, 5.41) is 13.6. The fourth-order valence-electron chi connectivity index (χ4n) is 0.959. The number of ether oxygens (including phenoxy) is 1. The van der Waals surface area contributed by atoms with E-state index in [1.165, 1.54) is 18.6 Å². The van der Waals surface area contributed by atoms with Crippen LogP contribution in [0.3, 0.4) is 0 Å². The largest absolute Gasteiger partial charge is 0.476 e. The molecule has 18 heavy (non-hydrogen) atoms. The van der Waals surface area contributed by atoms with Crippen molar-refractivity contribution in [1.29, 1.82) is 0 Å². The van der Waals surface area contributed by atoms with Gasteiger partial charge in [-0.3, -0.25) is 0 Å². The number of hydrogen-bond acceptors (Lipinski definition) is 7. The molecule has 1 N–H and O–H groups in total. The predicted octanol–water partition coefficient (Wildman–Crippen LogP) is 0.921. The molecular weight excluding hydrogens is 260 g/mol. The van der Waals surface area contributed by atoms with Crippen LogP contribution in [-0.4, -0.2) is 41.5 Å². The third-order valence-electron chi connectivity index (χ3n) is 1.64. The first-order chi connectivity index (χ1) is 8.60. The van der Waals surface area contributed by atoms with Crippen molar-refractivity contribution in [3.63, 3.8) is 0 Å². The Bertz CT molecular complexity index is 494. The van der Waals surface area contributed by atoms with Crippen LogP contribution in [0.1, 0.15) is 15.5 Å². The summed E-state index contributed by atoms with van der Waals surface area (Å²) in [6.45, 7) is 3.46. The summed E-state index contributed by atoms with van der Waals surface area (Å²) in [6.07, 6.45) is 1.42. The lowest BCUT2D eigenvalue weighted by Crippen LogP contribution is -2.16. The molecule has 8 heteroatoms. The van der Waals surface area contributed by atoms with Crippen molar-refractivity contribution < 1.29 is 24.3 Å². The van der Waals surface area contributed by atoms with Gasteiger partial charge in [0.15, 0.2) is 0 Å². The second-order valence-electron chi connectivity index (χ2n) is 2.85. The lowest BCUT2D eigenvalue weighted by Gasteiger charge is -1.97. The van der Waals surface area contributed by atoms with Crippen molar-refractivity contribution in [2.24, 2.45) is 5.16 Å². The molecular formula is C10H10N2O5S. The third-order valence-corrected chi connectivity index (χ3v) is 2.46. The number of carboxylic acids is 1. The summed E-state index contributed by atoms with van der Waals surface area (Å²) < 4.78 is 4.76. The Morgan fingerprint density at radius 1 is 1.67 bits per heavy atom. The smallest absolute Gasteiger partial charge is 0.367 e. The van der Waals surface area contributed by atoms with Gasteiger partial charge in [-0.1, -0.05) is 17.8 Å². The van der Waals surface area contributed by atoms with Gasteiger partial charge in [-0.05, 0) is 0 Å². The number of nitrogens with zero attached hydrogens (tertiary/aromatic N) is 2. The summed E-state index contributed by atoms with van der Waals surface area (Å²) in [5.74, 6) is -1.94. The molecule has 0 unspecified atom stereocenters. The molecule has 1 rings (SSSR count). The highest BCUT2D eigenvalue weighted by atomic mass is 32.1. The summed E-state index contributed by atoms with van der Waals surface area (Å²) in [4.78, 5) is 30.5. The van der Waals surface area contributed by atoms with Crippen LogP contribution < -0.4 is 0 Å². The van der Waals surface area contributed by atoms with Crippen LogP contribution in [0.2, 0.25) is 0 Å². The third kappa shape index (κ3) is 3.39. The summed E-state index contributed by atoms with van der Waals surface area (Å²) in [6, 6.07) is 0. The Labute approximate surface area is 106 Å². The molecule has 0 aliphatic heterocycles. The Morgan fingerprint density at radius 3 is 2.94 bits per heavy atom. The monoisotopic (exact) mass is 270 g/mol. The van der Waals surface area contributed by atoms with Gasteiger partial charge in [-0.25, -0.2) is 14.6 Å². The summed E-state index contributed by atoms with van der Waals surface area (Å²) in [5.41, 5.74) is -0.337. The van der Waals surface area contributed by atoms with Gasteiger partial charge in [0, 0.05) is 5.38 Å². The van der Waals surface area contributed by atoms with Crippen molar-refractivity contribution in [2.45, 2.75) is 0 Å². The van der Waals surface area contributed by atoms with Crippen molar-refractivity contribution in [3.05, 3.63) is 28.7 Å². The fraction of sp³-hybridized carbons (Fsp3) is 0.200. The summed E-state index contributed by atoms with van der Waals surface area (Å²) >= 11 is 0.960. The first kappa shape index (κ1) is 13.8. The first-order valence-electron chi connectivity index (χ1n) is 4.68. The van der Waals surface area contributed by atoms with Crippen LogP contribution in [0, 0.1) is 0 Å². The van der Waals surface area contributed by atoms with E-state index in [4.69, 9.17) is 9.84 Å². The molecule has 0 aliphatic rings. The van der Waals surface area contributed by atoms with E-state index in [9.17, 15) is 9.59 Å². The standard InChI is InChI=1S/C10H10N2O5S/c1-3-4-17-10(15)8-11-6(5-18-8)7(9(13)14)12-16-2/h3,5H,1,4H2,2H3,(H,13,14). The minimum absolute atomic E-state index is 0.0388. The number of oxime groups is 1. The van der Waals surface area contributed by atoms with E-state index < -0.39 is 11.9 Å². The van der Waals surface area contributed by atoms with Gasteiger partial charge in [-0.15, -0.1) is 11.3 Å². The number of hydrogen-bond donors (Lipinski definition) is 1. The Morgan fingerprint density at radius 2 is 2.39 bits per heavy atom. The maximum absolute atomic E-state index is 11.4. The highest BCUT2D eigenvalue weighted by Gasteiger charge is 2.20. The first-order valence-corrected chi connectivity index (χ1v) is 5.56. The van der Waals surface area contributed by atoms with Gasteiger partial charge < -0.3 is 14.7 Å². The van der Waals surface area contributed by atoms with Crippen molar-refractivity contribution in [1.82, 2.24) is 4.98 Å². The topological polar surface area (TPSA) is 98.1 Å². The Balaban J connectivity index is 2.91. The van der Waals surface area contributed by atoms with Crippen molar-refractivity contribution in [2.75, 3.05) is 13.7 Å². The van der Waals surface area contributed by atoms with Gasteiger partial charge >= 0.3 is 11.9 Å². The van der Waals surface area contributed by atoms with E-state index in [0.29, 0.717) is 0 Å². The maximum atomic E-state index is 11.4. The predicted molar refractivity (Wildman–Crippen MR) is 63.8 cm³/mol. The average molecular weight is 270 g/mol. The molecule has 0 fully saturated rings. The molecule has 0 aliphatic carbocycles. The van der Waals surface area contributed by atoms with E-state index in [0.717, 1.165) is 11.3 Å². The molecule has 1 aromatic rings. The zero-order chi connectivity index (χ0) is 13.5. The second kappa shape index (κ2) is 6.50. The number of aromatic nitrogens is 1. The molecule has 0 saturated carbocycles. The highest BCUT2D eigenvalue weighted by molar-refractivity contribution is 7.11. The van der Waals surface area contributed by atoms with E-state index in [2.05, 4.69) is 21.6 Å². The van der Waals surface area contributed by atoms with E-state index >= 15 is 0 Å². The number of rotatable bonds is 6. The molecule has 0 aromatic carbocycles. The van der Waals surface area contributed by atoms with Crippen LogP contribution in [0.5, 0.6) is 0 Å². The van der Waals surface area contributed by atoms with E-state index in [-0.39, 0.29) is 23.0 Å². The van der Waals surface area contributed by atoms with Gasteiger partial charge in [0.25, 0.3) is 0 Å². The number of carbonyl (C=O) groups is 2. The number of carboxylic acid groups (broad SMARTS) is 1. The molecule has 1 heterocycles. The Hall–Kier alpha value is -2.22. The van der Waals surface area contributed by atoms with Gasteiger partial charge in [-0.2, -0.15) is 0 Å². The molecule has 0 bridgehead atoms. The normalized spacial score (nSPS) is 10.8. The Kier molecular flexibility index (Phi) is 5.00. The van der Waals surface area contributed by atoms with Crippen molar-refractivity contribution >= 4 is 29.0 Å². The van der Waals surface area contributed by atoms with Crippen LogP contribution in [-0.2, 0) is 14.4 Å². The fourth-order valence-corrected chi connectivity index (χ4v) is 1.65. The number of carbonyl (C=O) groups excluding carboxylic acids is 1. The lowest BCUT2D eigenvalue weighted by molar-refractivity contribution is -0.129. The molecule has 0 spiro atoms. The molecule has 0 radical (unpaired) electrons. The van der Waals surface area contributed by atoms with Gasteiger partial charge in [0.2, 0.25) is 10.7 Å². The lowest BCUT2D eigenvalue weighted by atomic mass is 10.3. The number of esters is 1. The van der Waals surface area contributed by atoms with Crippen molar-refractivity contribution in [3.8, 4) is 0 Å². The van der Waals surface area contributed by atoms with Crippen LogP contribution in [0.15, 0.2) is 23.2 Å². The van der Waals surface area contributed by atoms with E-state index in [1.54, 1.807) is 0 Å². The molecule has 0 atom stereocenters. The number of thiazole rings is 1. The minimum Gasteiger partial charge on any atom is -0.476 e. The quantitative estimate of drug-likeness (QED) is 0.357. The second-order valence-corrected chi connectivity index (χ2v) is 3.71. The number of aliphatic carboxylic acids is 1. The minimum atomic E-state index is -1.30. The molecule has 7 nitrogen and oxygen atoms in total. The SMILES string of the molecule is C=CCOC(=O)c1nc(C(=NOC)C(=O)O)cs1. The summed E-state index contributed by atoms with van der Waals surface area (Å²) in [7, 11) is 1.22. The van der Waals surface area contributed by atoms with Crippen LogP contribution in [0.25, 0.3) is 0 Å². The van der Waals surface area contributed by atoms with Crippen LogP contribution >= 0.6 is 11.3 Å². The highest BCUT2D eigenvalue weighted by Crippen LogP contribution is 2.12. The average Bonchev–Trinajstić information content (AvgIpc) is 2.81. The van der Waals surface area contributed by atoms with Gasteiger partial charge in [0.05, 0.1) is 0 Å². The molecule has 0 saturated heterocycles. The molecule has 96 valence electrons. The zero-order valence-electron chi connectivity index (χ0n) is 9.45.